The van der Waals surface area contributed by atoms with Crippen LogP contribution in [0.3, 0.4) is 0 Å². The van der Waals surface area contributed by atoms with Crippen molar-refractivity contribution in [3.8, 4) is 0 Å². The van der Waals surface area contributed by atoms with E-state index in [1.165, 1.54) is 5.69 Å². The summed E-state index contributed by atoms with van der Waals surface area (Å²) in [6.45, 7) is 6.13. The highest BCUT2D eigenvalue weighted by Gasteiger charge is 2.24. The molecule has 3 nitrogen and oxygen atoms in total. The summed E-state index contributed by atoms with van der Waals surface area (Å²) in [5.41, 5.74) is 3.01. The van der Waals surface area contributed by atoms with Gasteiger partial charge in [-0.05, 0) is 32.8 Å². The number of carbonyl (C=O) groups is 1. The molecule has 2 rings (SSSR count). The molecule has 1 aromatic rings. The van der Waals surface area contributed by atoms with Crippen LogP contribution in [-0.4, -0.2) is 28.3 Å². The zero-order chi connectivity index (χ0) is 12.4. The van der Waals surface area contributed by atoms with Crippen LogP contribution in [0.5, 0.6) is 0 Å². The maximum Gasteiger partial charge on any atom is 0.192 e. The Labute approximate surface area is 103 Å². The summed E-state index contributed by atoms with van der Waals surface area (Å²) < 4.78 is 2.06. The van der Waals surface area contributed by atoms with Crippen molar-refractivity contribution >= 4 is 5.78 Å². The predicted molar refractivity (Wildman–Crippen MR) is 69.1 cm³/mol. The average molecular weight is 232 g/mol. The Morgan fingerprint density at radius 3 is 2.71 bits per heavy atom. The topological polar surface area (TPSA) is 25.2 Å². The molecule has 0 saturated heterocycles. The number of hydrogen-bond donors (Lipinski definition) is 0. The Bertz CT molecular complexity index is 453. The van der Waals surface area contributed by atoms with Gasteiger partial charge in [0.1, 0.15) is 0 Å². The Kier molecular flexibility index (Phi) is 3.36. The van der Waals surface area contributed by atoms with E-state index in [0.717, 1.165) is 37.1 Å². The molecule has 1 heterocycles. The standard InChI is InChI=1S/C14H20N2O/c1-4-16(5-2)10-11-6-7-13-12(14(11)17)8-9-15(13)3/h8-10H,4-7H2,1-3H3/b11-10+. The van der Waals surface area contributed by atoms with E-state index >= 15 is 0 Å². The van der Waals surface area contributed by atoms with Gasteiger partial charge < -0.3 is 9.47 Å². The molecule has 0 saturated carbocycles. The minimum Gasteiger partial charge on any atom is -0.378 e. The summed E-state index contributed by atoms with van der Waals surface area (Å²) in [5.74, 6) is 0.207. The molecule has 3 heteroatoms. The quantitative estimate of drug-likeness (QED) is 0.748. The summed E-state index contributed by atoms with van der Waals surface area (Å²) in [6, 6.07) is 1.94. The second-order valence-corrected chi connectivity index (χ2v) is 4.49. The number of allylic oxidation sites excluding steroid dienone is 1. The van der Waals surface area contributed by atoms with Crippen LogP contribution in [0.2, 0.25) is 0 Å². The monoisotopic (exact) mass is 232 g/mol. The van der Waals surface area contributed by atoms with Crippen molar-refractivity contribution < 1.29 is 4.79 Å². The molecule has 1 aromatic heterocycles. The number of rotatable bonds is 3. The Morgan fingerprint density at radius 2 is 2.06 bits per heavy atom. The lowest BCUT2D eigenvalue weighted by Crippen LogP contribution is -2.21. The third kappa shape index (κ3) is 2.14. The zero-order valence-corrected chi connectivity index (χ0v) is 10.9. The van der Waals surface area contributed by atoms with Crippen LogP contribution in [-0.2, 0) is 13.5 Å². The molecule has 0 spiro atoms. The van der Waals surface area contributed by atoms with Crippen molar-refractivity contribution in [1.29, 1.82) is 0 Å². The van der Waals surface area contributed by atoms with Gasteiger partial charge in [0.05, 0.1) is 0 Å². The third-order valence-corrected chi connectivity index (χ3v) is 3.52. The summed E-state index contributed by atoms with van der Waals surface area (Å²) in [5, 5.41) is 0. The van der Waals surface area contributed by atoms with Crippen LogP contribution in [0.4, 0.5) is 0 Å². The largest absolute Gasteiger partial charge is 0.378 e. The second kappa shape index (κ2) is 4.78. The van der Waals surface area contributed by atoms with Crippen molar-refractivity contribution in [3.05, 3.63) is 35.3 Å². The van der Waals surface area contributed by atoms with E-state index in [-0.39, 0.29) is 5.78 Å². The molecule has 17 heavy (non-hydrogen) atoms. The molecule has 0 aromatic carbocycles. The van der Waals surface area contributed by atoms with E-state index in [1.54, 1.807) is 0 Å². The molecule has 0 bridgehead atoms. The Hall–Kier alpha value is -1.51. The fraction of sp³-hybridized carbons (Fsp3) is 0.500. The van der Waals surface area contributed by atoms with E-state index in [0.29, 0.717) is 0 Å². The first-order chi connectivity index (χ1) is 8.17. The maximum atomic E-state index is 12.3. The van der Waals surface area contributed by atoms with E-state index in [9.17, 15) is 4.79 Å². The average Bonchev–Trinajstić information content (AvgIpc) is 2.71. The van der Waals surface area contributed by atoms with Crippen molar-refractivity contribution in [3.63, 3.8) is 0 Å². The van der Waals surface area contributed by atoms with Crippen molar-refractivity contribution in [1.82, 2.24) is 9.47 Å². The molecule has 0 radical (unpaired) electrons. The number of fused-ring (bicyclic) bond motifs is 1. The molecular weight excluding hydrogens is 212 g/mol. The molecule has 1 aliphatic rings. The van der Waals surface area contributed by atoms with Crippen LogP contribution in [0, 0.1) is 0 Å². The summed E-state index contributed by atoms with van der Waals surface area (Å²) in [4.78, 5) is 14.5. The minimum absolute atomic E-state index is 0.207. The summed E-state index contributed by atoms with van der Waals surface area (Å²) in [6.07, 6.45) is 5.85. The molecular formula is C14H20N2O. The van der Waals surface area contributed by atoms with Crippen molar-refractivity contribution in [2.75, 3.05) is 13.1 Å². The van der Waals surface area contributed by atoms with Gasteiger partial charge in [-0.25, -0.2) is 0 Å². The van der Waals surface area contributed by atoms with Gasteiger partial charge in [0.15, 0.2) is 5.78 Å². The van der Waals surface area contributed by atoms with Gasteiger partial charge >= 0.3 is 0 Å². The first-order valence-electron chi connectivity index (χ1n) is 6.31. The van der Waals surface area contributed by atoms with Crippen LogP contribution in [0.15, 0.2) is 24.0 Å². The minimum atomic E-state index is 0.207. The van der Waals surface area contributed by atoms with Gasteiger partial charge in [0.25, 0.3) is 0 Å². The fourth-order valence-corrected chi connectivity index (χ4v) is 2.37. The zero-order valence-electron chi connectivity index (χ0n) is 10.9. The number of aromatic nitrogens is 1. The van der Waals surface area contributed by atoms with Crippen LogP contribution in [0.1, 0.15) is 36.3 Å². The van der Waals surface area contributed by atoms with Crippen LogP contribution < -0.4 is 0 Å². The Morgan fingerprint density at radius 1 is 1.35 bits per heavy atom. The molecule has 0 atom stereocenters. The lowest BCUT2D eigenvalue weighted by Gasteiger charge is -2.21. The summed E-state index contributed by atoms with van der Waals surface area (Å²) >= 11 is 0. The van der Waals surface area contributed by atoms with E-state index in [2.05, 4.69) is 23.3 Å². The first-order valence-corrected chi connectivity index (χ1v) is 6.31. The molecule has 0 aliphatic heterocycles. The third-order valence-electron chi connectivity index (χ3n) is 3.52. The number of Topliss-reactive ketones (excluding diaryl/α,β-unsaturated/α-hetero) is 1. The van der Waals surface area contributed by atoms with Gasteiger partial charge in [-0.15, -0.1) is 0 Å². The Balaban J connectivity index is 2.28. The van der Waals surface area contributed by atoms with Gasteiger partial charge in [-0.2, -0.15) is 0 Å². The SMILES string of the molecule is CCN(/C=C1\CCc2c(ccn2C)C1=O)CC. The van der Waals surface area contributed by atoms with Gasteiger partial charge in [-0.3, -0.25) is 4.79 Å². The van der Waals surface area contributed by atoms with E-state index in [4.69, 9.17) is 0 Å². The summed E-state index contributed by atoms with van der Waals surface area (Å²) in [7, 11) is 2.01. The predicted octanol–water partition coefficient (Wildman–Crippen LogP) is 2.38. The lowest BCUT2D eigenvalue weighted by atomic mass is 9.92. The smallest absolute Gasteiger partial charge is 0.192 e. The second-order valence-electron chi connectivity index (χ2n) is 4.49. The van der Waals surface area contributed by atoms with Crippen molar-refractivity contribution in [2.24, 2.45) is 7.05 Å². The number of carbonyl (C=O) groups excluding carboxylic acids is 1. The number of ketones is 1. The first kappa shape index (κ1) is 12.0. The normalized spacial score (nSPS) is 17.4. The molecule has 0 amide bonds. The number of aryl methyl sites for hydroxylation is 1. The van der Waals surface area contributed by atoms with Gasteiger partial charge in [-0.1, -0.05) is 0 Å². The van der Waals surface area contributed by atoms with E-state index in [1.807, 2.05) is 25.5 Å². The highest BCUT2D eigenvalue weighted by molar-refractivity contribution is 6.10. The van der Waals surface area contributed by atoms with Gasteiger partial charge in [0, 0.05) is 49.4 Å². The highest BCUT2D eigenvalue weighted by atomic mass is 16.1. The lowest BCUT2D eigenvalue weighted by molar-refractivity contribution is 0.102. The van der Waals surface area contributed by atoms with Crippen LogP contribution in [0.25, 0.3) is 0 Å². The van der Waals surface area contributed by atoms with Gasteiger partial charge in [0.2, 0.25) is 0 Å². The molecule has 0 fully saturated rings. The number of hydrogen-bond acceptors (Lipinski definition) is 2. The van der Waals surface area contributed by atoms with Crippen molar-refractivity contribution in [2.45, 2.75) is 26.7 Å². The molecule has 92 valence electrons. The molecule has 1 aliphatic carbocycles. The van der Waals surface area contributed by atoms with Crippen LogP contribution >= 0.6 is 0 Å². The molecule has 0 N–H and O–H groups in total. The van der Waals surface area contributed by atoms with E-state index < -0.39 is 0 Å². The molecule has 0 unspecified atom stereocenters. The maximum absolute atomic E-state index is 12.3. The number of nitrogens with zero attached hydrogens (tertiary/aromatic N) is 2. The fourth-order valence-electron chi connectivity index (χ4n) is 2.37. The highest BCUT2D eigenvalue weighted by Crippen LogP contribution is 2.25.